The standard InChI is InChI=1S/C11H17NO6S2/c1-4-5-10-9(3)6-8(2)7-11(10)12(19(13,14)15)20(16,17)18/h6-7H,4-5H2,1-3H3,(H,13,14,15)(H,16,17,18). The minimum Gasteiger partial charge on any atom is -0.268 e. The molecule has 0 fully saturated rings. The van der Waals surface area contributed by atoms with Gasteiger partial charge in [-0.1, -0.05) is 19.4 Å². The molecule has 1 aromatic rings. The van der Waals surface area contributed by atoms with Gasteiger partial charge in [0, 0.05) is 0 Å². The fourth-order valence-electron chi connectivity index (χ4n) is 2.08. The van der Waals surface area contributed by atoms with Crippen molar-refractivity contribution in [3.05, 3.63) is 28.8 Å². The Balaban J connectivity index is 3.73. The lowest BCUT2D eigenvalue weighted by molar-refractivity contribution is 0.465. The molecule has 114 valence electrons. The Morgan fingerprint density at radius 1 is 1.05 bits per heavy atom. The van der Waals surface area contributed by atoms with E-state index in [4.69, 9.17) is 9.11 Å². The van der Waals surface area contributed by atoms with E-state index in [0.717, 1.165) is 0 Å². The third-order valence-corrected chi connectivity index (χ3v) is 5.07. The van der Waals surface area contributed by atoms with Crippen molar-refractivity contribution in [2.24, 2.45) is 0 Å². The van der Waals surface area contributed by atoms with Crippen LogP contribution in [0.5, 0.6) is 0 Å². The first-order chi connectivity index (χ1) is 8.98. The first-order valence-electron chi connectivity index (χ1n) is 5.84. The number of hydrogen-bond donors (Lipinski definition) is 2. The van der Waals surface area contributed by atoms with E-state index in [1.165, 1.54) is 6.07 Å². The molecule has 0 bridgehead atoms. The Hall–Kier alpha value is -1.16. The van der Waals surface area contributed by atoms with Crippen molar-refractivity contribution in [3.8, 4) is 0 Å². The van der Waals surface area contributed by atoms with Crippen molar-refractivity contribution in [2.75, 3.05) is 3.71 Å². The molecular weight excluding hydrogens is 306 g/mol. The van der Waals surface area contributed by atoms with Crippen molar-refractivity contribution in [1.29, 1.82) is 0 Å². The molecule has 0 aromatic heterocycles. The van der Waals surface area contributed by atoms with Crippen LogP contribution in [0.4, 0.5) is 5.69 Å². The molecule has 1 aromatic carbocycles. The summed E-state index contributed by atoms with van der Waals surface area (Å²) in [7, 11) is -10.3. The second kappa shape index (κ2) is 5.68. The van der Waals surface area contributed by atoms with Gasteiger partial charge in [-0.25, -0.2) is 0 Å². The van der Waals surface area contributed by atoms with E-state index in [0.29, 0.717) is 29.5 Å². The van der Waals surface area contributed by atoms with Gasteiger partial charge < -0.3 is 0 Å². The lowest BCUT2D eigenvalue weighted by atomic mass is 10.00. The van der Waals surface area contributed by atoms with Crippen LogP contribution in [0.15, 0.2) is 12.1 Å². The fourth-order valence-corrected chi connectivity index (χ4v) is 3.86. The number of benzene rings is 1. The molecule has 0 heterocycles. The minimum atomic E-state index is -5.15. The molecule has 0 atom stereocenters. The molecule has 0 spiro atoms. The van der Waals surface area contributed by atoms with E-state index < -0.39 is 20.6 Å². The molecule has 0 aliphatic rings. The van der Waals surface area contributed by atoms with Crippen LogP contribution >= 0.6 is 0 Å². The molecule has 0 aliphatic carbocycles. The van der Waals surface area contributed by atoms with Crippen LogP contribution in [-0.2, 0) is 27.0 Å². The molecule has 0 radical (unpaired) electrons. The van der Waals surface area contributed by atoms with Crippen LogP contribution in [0.2, 0.25) is 0 Å². The largest absolute Gasteiger partial charge is 0.375 e. The van der Waals surface area contributed by atoms with Crippen LogP contribution < -0.4 is 3.71 Å². The third kappa shape index (κ3) is 3.69. The zero-order chi connectivity index (χ0) is 15.7. The van der Waals surface area contributed by atoms with E-state index >= 15 is 0 Å². The quantitative estimate of drug-likeness (QED) is 0.797. The topological polar surface area (TPSA) is 112 Å². The Kier molecular flexibility index (Phi) is 4.80. The number of anilines is 1. The predicted octanol–water partition coefficient (Wildman–Crippen LogP) is 1.67. The fraction of sp³-hybridized carbons (Fsp3) is 0.455. The highest BCUT2D eigenvalue weighted by Crippen LogP contribution is 2.30. The summed E-state index contributed by atoms with van der Waals surface area (Å²) in [4.78, 5) is 0. The summed E-state index contributed by atoms with van der Waals surface area (Å²) < 4.78 is 63.0. The number of aryl methyl sites for hydroxylation is 2. The number of rotatable bonds is 5. The lowest BCUT2D eigenvalue weighted by Crippen LogP contribution is -2.36. The molecular formula is C11H17NO6S2. The van der Waals surface area contributed by atoms with Crippen molar-refractivity contribution in [3.63, 3.8) is 0 Å². The summed E-state index contributed by atoms with van der Waals surface area (Å²) in [5, 5.41) is 0. The van der Waals surface area contributed by atoms with E-state index in [1.807, 2.05) is 6.92 Å². The van der Waals surface area contributed by atoms with E-state index in [-0.39, 0.29) is 9.40 Å². The highest BCUT2D eigenvalue weighted by molar-refractivity contribution is 8.05. The average molecular weight is 323 g/mol. The second-order valence-electron chi connectivity index (χ2n) is 4.48. The number of hydrogen-bond acceptors (Lipinski definition) is 4. The normalized spacial score (nSPS) is 12.4. The second-order valence-corrected chi connectivity index (χ2v) is 7.24. The van der Waals surface area contributed by atoms with E-state index in [2.05, 4.69) is 0 Å². The van der Waals surface area contributed by atoms with Crippen LogP contribution in [0.25, 0.3) is 0 Å². The summed E-state index contributed by atoms with van der Waals surface area (Å²) in [6.45, 7) is 5.19. The van der Waals surface area contributed by atoms with Crippen LogP contribution in [0.1, 0.15) is 30.0 Å². The van der Waals surface area contributed by atoms with Gasteiger partial charge in [-0.05, 0) is 43.0 Å². The average Bonchev–Trinajstić information content (AvgIpc) is 2.18. The summed E-state index contributed by atoms with van der Waals surface area (Å²) in [6.07, 6.45) is 1.05. The van der Waals surface area contributed by atoms with Crippen LogP contribution in [-0.4, -0.2) is 25.9 Å². The molecule has 0 aliphatic heterocycles. The molecule has 7 nitrogen and oxygen atoms in total. The van der Waals surface area contributed by atoms with Crippen LogP contribution in [0.3, 0.4) is 0 Å². The molecule has 20 heavy (non-hydrogen) atoms. The Morgan fingerprint density at radius 3 is 1.95 bits per heavy atom. The van der Waals surface area contributed by atoms with Crippen molar-refractivity contribution in [2.45, 2.75) is 33.6 Å². The molecule has 2 N–H and O–H groups in total. The van der Waals surface area contributed by atoms with Crippen molar-refractivity contribution >= 4 is 26.3 Å². The highest BCUT2D eigenvalue weighted by atomic mass is 32.3. The van der Waals surface area contributed by atoms with Gasteiger partial charge in [0.15, 0.2) is 0 Å². The van der Waals surface area contributed by atoms with Gasteiger partial charge in [0.1, 0.15) is 0 Å². The van der Waals surface area contributed by atoms with Crippen molar-refractivity contribution < 1.29 is 25.9 Å². The van der Waals surface area contributed by atoms with Gasteiger partial charge in [-0.2, -0.15) is 16.8 Å². The first kappa shape index (κ1) is 16.9. The maximum atomic E-state index is 11.3. The van der Waals surface area contributed by atoms with E-state index in [9.17, 15) is 16.8 Å². The van der Waals surface area contributed by atoms with Crippen LogP contribution in [0, 0.1) is 13.8 Å². The minimum absolute atomic E-state index is 0.255. The lowest BCUT2D eigenvalue weighted by Gasteiger charge is -2.22. The zero-order valence-electron chi connectivity index (χ0n) is 11.4. The van der Waals surface area contributed by atoms with Gasteiger partial charge in [-0.15, -0.1) is 3.71 Å². The van der Waals surface area contributed by atoms with Gasteiger partial charge in [0.05, 0.1) is 5.69 Å². The Labute approximate surface area is 119 Å². The van der Waals surface area contributed by atoms with Gasteiger partial charge in [-0.3, -0.25) is 9.11 Å². The zero-order valence-corrected chi connectivity index (χ0v) is 13.0. The SMILES string of the molecule is CCCc1c(C)cc(C)cc1N(S(=O)(=O)O)S(=O)(=O)O. The molecule has 1 rings (SSSR count). The third-order valence-electron chi connectivity index (χ3n) is 2.71. The molecule has 0 saturated heterocycles. The van der Waals surface area contributed by atoms with Gasteiger partial charge in [0.2, 0.25) is 0 Å². The monoisotopic (exact) mass is 323 g/mol. The number of nitrogens with zero attached hydrogens (tertiary/aromatic N) is 1. The van der Waals surface area contributed by atoms with E-state index in [1.54, 1.807) is 19.9 Å². The molecule has 9 heteroatoms. The molecule has 0 unspecified atom stereocenters. The summed E-state index contributed by atoms with van der Waals surface area (Å²) >= 11 is 0. The molecule has 0 saturated carbocycles. The van der Waals surface area contributed by atoms with Gasteiger partial charge >= 0.3 is 20.6 Å². The maximum Gasteiger partial charge on any atom is 0.375 e. The highest BCUT2D eigenvalue weighted by Gasteiger charge is 2.33. The van der Waals surface area contributed by atoms with Crippen molar-refractivity contribution in [1.82, 2.24) is 0 Å². The first-order valence-corrected chi connectivity index (χ1v) is 8.63. The predicted molar refractivity (Wildman–Crippen MR) is 75.5 cm³/mol. The maximum absolute atomic E-state index is 11.3. The summed E-state index contributed by atoms with van der Waals surface area (Å²) in [6, 6.07) is 3.06. The summed E-state index contributed by atoms with van der Waals surface area (Å²) in [5.74, 6) is 0. The Bertz CT molecular complexity index is 677. The Morgan fingerprint density at radius 2 is 1.55 bits per heavy atom. The molecule has 0 amide bonds. The van der Waals surface area contributed by atoms with Gasteiger partial charge in [0.25, 0.3) is 0 Å². The smallest absolute Gasteiger partial charge is 0.268 e. The summed E-state index contributed by atoms with van der Waals surface area (Å²) in [5.41, 5.74) is 1.47.